The van der Waals surface area contributed by atoms with Crippen molar-refractivity contribution in [3.63, 3.8) is 0 Å². The van der Waals surface area contributed by atoms with Gasteiger partial charge in [-0.15, -0.1) is 0 Å². The molecule has 11 heteroatoms. The van der Waals surface area contributed by atoms with E-state index in [1.54, 1.807) is 31.2 Å². The van der Waals surface area contributed by atoms with Crippen molar-refractivity contribution in [1.29, 1.82) is 0 Å². The van der Waals surface area contributed by atoms with Gasteiger partial charge in [-0.05, 0) is 55.0 Å². The molecular formula is C24H23F3N2O5S. The lowest BCUT2D eigenvalue weighted by Crippen LogP contribution is -2.38. The van der Waals surface area contributed by atoms with Crippen molar-refractivity contribution in [2.45, 2.75) is 18.0 Å². The van der Waals surface area contributed by atoms with E-state index < -0.39 is 34.2 Å². The number of rotatable bonds is 8. The number of nitrogens with one attached hydrogen (secondary N) is 1. The molecule has 0 bridgehead atoms. The minimum absolute atomic E-state index is 0.0132. The van der Waals surface area contributed by atoms with E-state index in [1.165, 1.54) is 38.5 Å². The van der Waals surface area contributed by atoms with Crippen LogP contribution in [-0.4, -0.2) is 35.1 Å². The molecule has 3 rings (SSSR count). The third-order valence-corrected chi connectivity index (χ3v) is 6.78. The largest absolute Gasteiger partial charge is 0.497 e. The van der Waals surface area contributed by atoms with Crippen LogP contribution in [0.5, 0.6) is 11.5 Å². The van der Waals surface area contributed by atoms with Crippen molar-refractivity contribution < 1.29 is 35.9 Å². The number of nitrogens with zero attached hydrogens (tertiary/aromatic N) is 1. The number of methoxy groups -OCH3 is 2. The Kier molecular flexibility index (Phi) is 7.59. The van der Waals surface area contributed by atoms with Gasteiger partial charge in [-0.3, -0.25) is 9.10 Å². The molecule has 1 amide bonds. The van der Waals surface area contributed by atoms with Gasteiger partial charge in [0.2, 0.25) is 5.91 Å². The summed E-state index contributed by atoms with van der Waals surface area (Å²) in [5.41, 5.74) is -0.484. The average Bonchev–Trinajstić information content (AvgIpc) is 2.82. The molecule has 0 saturated carbocycles. The summed E-state index contributed by atoms with van der Waals surface area (Å²) in [5, 5.41) is 2.55. The van der Waals surface area contributed by atoms with Crippen LogP contribution < -0.4 is 19.1 Å². The number of carbonyl (C=O) groups is 1. The Morgan fingerprint density at radius 3 is 2.34 bits per heavy atom. The monoisotopic (exact) mass is 508 g/mol. The van der Waals surface area contributed by atoms with Crippen molar-refractivity contribution in [3.05, 3.63) is 77.9 Å². The summed E-state index contributed by atoms with van der Waals surface area (Å²) in [6.45, 7) is 0.862. The standard InChI is InChI=1S/C24H23F3N2O5S/c1-16-10-11-21(34-3)22(12-16)35(31,32)29(19-8-4-6-17(13-19)24(25,26)27)15-23(30)28-18-7-5-9-20(14-18)33-2/h4-14H,15H2,1-3H3,(H,28,30). The maximum absolute atomic E-state index is 13.7. The number of aryl methyl sites for hydroxylation is 1. The summed E-state index contributed by atoms with van der Waals surface area (Å²) < 4.78 is 78.4. The van der Waals surface area contributed by atoms with Crippen molar-refractivity contribution in [2.75, 3.05) is 30.4 Å². The molecule has 1 N–H and O–H groups in total. The lowest BCUT2D eigenvalue weighted by molar-refractivity contribution is -0.137. The number of carbonyl (C=O) groups excluding carboxylic acids is 1. The Balaban J connectivity index is 2.07. The number of anilines is 2. The first kappa shape index (κ1) is 25.9. The molecule has 0 spiro atoms. The topological polar surface area (TPSA) is 84.9 Å². The Morgan fingerprint density at radius 2 is 1.69 bits per heavy atom. The molecule has 0 aromatic heterocycles. The van der Waals surface area contributed by atoms with Crippen LogP contribution in [0.4, 0.5) is 24.5 Å². The summed E-state index contributed by atoms with van der Waals surface area (Å²) in [7, 11) is -1.81. The zero-order valence-corrected chi connectivity index (χ0v) is 19.9. The minimum Gasteiger partial charge on any atom is -0.497 e. The van der Waals surface area contributed by atoms with E-state index in [1.807, 2.05) is 0 Å². The summed E-state index contributed by atoms with van der Waals surface area (Å²) in [5.74, 6) is -0.332. The van der Waals surface area contributed by atoms with Crippen molar-refractivity contribution in [1.82, 2.24) is 0 Å². The Bertz CT molecular complexity index is 1330. The molecule has 0 aliphatic rings. The number of hydrogen-bond acceptors (Lipinski definition) is 5. The Hall–Kier alpha value is -3.73. The van der Waals surface area contributed by atoms with Gasteiger partial charge < -0.3 is 14.8 Å². The van der Waals surface area contributed by atoms with Crippen molar-refractivity contribution in [3.8, 4) is 11.5 Å². The Labute approximate surface area is 201 Å². The number of benzene rings is 3. The van der Waals surface area contributed by atoms with Gasteiger partial charge >= 0.3 is 6.18 Å². The molecule has 3 aromatic carbocycles. The first-order chi connectivity index (χ1) is 16.5. The number of amides is 1. The second kappa shape index (κ2) is 10.3. The average molecular weight is 509 g/mol. The van der Waals surface area contributed by atoms with Crippen LogP contribution in [0, 0.1) is 6.92 Å². The van der Waals surface area contributed by atoms with Crippen LogP contribution in [0.1, 0.15) is 11.1 Å². The second-order valence-electron chi connectivity index (χ2n) is 7.49. The van der Waals surface area contributed by atoms with Crippen LogP contribution in [0.2, 0.25) is 0 Å². The third kappa shape index (κ3) is 6.04. The molecular weight excluding hydrogens is 485 g/mol. The van der Waals surface area contributed by atoms with Crippen LogP contribution in [0.25, 0.3) is 0 Å². The highest BCUT2D eigenvalue weighted by molar-refractivity contribution is 7.93. The van der Waals surface area contributed by atoms with Crippen molar-refractivity contribution >= 4 is 27.3 Å². The highest BCUT2D eigenvalue weighted by Gasteiger charge is 2.34. The van der Waals surface area contributed by atoms with E-state index in [0.717, 1.165) is 12.1 Å². The third-order valence-electron chi connectivity index (χ3n) is 4.99. The van der Waals surface area contributed by atoms with Gasteiger partial charge in [0, 0.05) is 11.8 Å². The molecule has 0 aliphatic heterocycles. The van der Waals surface area contributed by atoms with E-state index in [-0.39, 0.29) is 16.3 Å². The van der Waals surface area contributed by atoms with E-state index in [0.29, 0.717) is 27.4 Å². The van der Waals surface area contributed by atoms with Crippen molar-refractivity contribution in [2.24, 2.45) is 0 Å². The smallest absolute Gasteiger partial charge is 0.416 e. The first-order valence-corrected chi connectivity index (χ1v) is 11.7. The summed E-state index contributed by atoms with van der Waals surface area (Å²) in [6, 6.07) is 14.5. The summed E-state index contributed by atoms with van der Waals surface area (Å²) in [4.78, 5) is 12.6. The molecule has 0 saturated heterocycles. The highest BCUT2D eigenvalue weighted by atomic mass is 32.2. The van der Waals surface area contributed by atoms with Gasteiger partial charge in [0.1, 0.15) is 22.9 Å². The van der Waals surface area contributed by atoms with Crippen LogP contribution in [0.15, 0.2) is 71.6 Å². The zero-order chi connectivity index (χ0) is 25.8. The SMILES string of the molecule is COc1cccc(NC(=O)CN(c2cccc(C(F)(F)F)c2)S(=O)(=O)c2cc(C)ccc2OC)c1. The quantitative estimate of drug-likeness (QED) is 0.470. The maximum atomic E-state index is 13.7. The molecule has 0 fully saturated rings. The van der Waals surface area contributed by atoms with Crippen LogP contribution in [-0.2, 0) is 21.0 Å². The number of halogens is 3. The van der Waals surface area contributed by atoms with E-state index in [4.69, 9.17) is 9.47 Å². The molecule has 7 nitrogen and oxygen atoms in total. The summed E-state index contributed by atoms with van der Waals surface area (Å²) >= 11 is 0. The number of alkyl halides is 3. The predicted octanol–water partition coefficient (Wildman–Crippen LogP) is 4.87. The summed E-state index contributed by atoms with van der Waals surface area (Å²) in [6.07, 6.45) is -4.71. The predicted molar refractivity (Wildman–Crippen MR) is 125 cm³/mol. The molecule has 0 atom stereocenters. The van der Waals surface area contributed by atoms with E-state index in [2.05, 4.69) is 5.32 Å². The number of hydrogen-bond donors (Lipinski definition) is 1. The van der Waals surface area contributed by atoms with Gasteiger partial charge in [-0.2, -0.15) is 13.2 Å². The molecule has 0 aliphatic carbocycles. The molecule has 0 unspecified atom stereocenters. The Morgan fingerprint density at radius 1 is 0.971 bits per heavy atom. The molecule has 3 aromatic rings. The van der Waals surface area contributed by atoms with Gasteiger partial charge in [-0.25, -0.2) is 8.42 Å². The minimum atomic E-state index is -4.71. The maximum Gasteiger partial charge on any atom is 0.416 e. The molecule has 35 heavy (non-hydrogen) atoms. The number of sulfonamides is 1. The van der Waals surface area contributed by atoms with E-state index >= 15 is 0 Å². The highest BCUT2D eigenvalue weighted by Crippen LogP contribution is 2.35. The fourth-order valence-corrected chi connectivity index (χ4v) is 4.94. The van der Waals surface area contributed by atoms with Gasteiger partial charge in [0.05, 0.1) is 25.5 Å². The molecule has 186 valence electrons. The van der Waals surface area contributed by atoms with Gasteiger partial charge in [0.25, 0.3) is 10.0 Å². The second-order valence-corrected chi connectivity index (χ2v) is 9.32. The van der Waals surface area contributed by atoms with Gasteiger partial charge in [-0.1, -0.05) is 18.2 Å². The van der Waals surface area contributed by atoms with E-state index in [9.17, 15) is 26.4 Å². The lowest BCUT2D eigenvalue weighted by atomic mass is 10.2. The number of ether oxygens (including phenoxy) is 2. The molecule has 0 radical (unpaired) electrons. The first-order valence-electron chi connectivity index (χ1n) is 10.2. The fourth-order valence-electron chi connectivity index (χ4n) is 3.29. The van der Waals surface area contributed by atoms with Crippen LogP contribution >= 0.6 is 0 Å². The van der Waals surface area contributed by atoms with Crippen LogP contribution in [0.3, 0.4) is 0 Å². The fraction of sp³-hybridized carbons (Fsp3) is 0.208. The molecule has 0 heterocycles. The van der Waals surface area contributed by atoms with Gasteiger partial charge in [0.15, 0.2) is 0 Å². The zero-order valence-electron chi connectivity index (χ0n) is 19.1. The lowest BCUT2D eigenvalue weighted by Gasteiger charge is -2.26. The normalized spacial score (nSPS) is 11.6.